The van der Waals surface area contributed by atoms with Crippen LogP contribution >= 0.6 is 0 Å². The van der Waals surface area contributed by atoms with Crippen molar-refractivity contribution in [2.24, 2.45) is 35.5 Å². The molecule has 3 heterocycles. The van der Waals surface area contributed by atoms with Crippen LogP contribution in [0.2, 0.25) is 0 Å². The standard InChI is InChI=1S/C65H80N4O8/c1-6-9-53-47-26-41(25-44-17-20-54(52-11-8-7-10-42(52)13-12-38(2)3)55-34-60(73)61(77-5)31-45(55)18-21-58(71)65(76)64(75)56(44)30-47)24-40-22-23-67-62(27-40)69-49-19-16-43-14-15-46(63(74)57(43)32-49)29-51(70)37-66-35-39(4)48-28-50(68-36-48)33-59(53)72/h7-8,10-11,14-16,19,22,27-28,31-32,34,36,38-39,41,44,47,51,53-54,56,59,65-70,72-74,76H,6,9,12-13,18,21,23-26,29-30,33,35,37H2,1-5H3/t39-,41-,44-,47-,51-,53+,54+,56-,59+,65-/m0/s1. The number of hydrogen-bond donors (Lipinski definition) is 9. The van der Waals surface area contributed by atoms with Crippen molar-refractivity contribution in [2.75, 3.05) is 32.1 Å². The van der Waals surface area contributed by atoms with Gasteiger partial charge in [-0.1, -0.05) is 94.5 Å². The number of aromatic amines is 1. The number of fused-ring (bicyclic) bond motifs is 9. The molecule has 1 fully saturated rings. The average Bonchev–Trinajstić information content (AvgIpc) is 3.81. The van der Waals surface area contributed by atoms with Crippen molar-refractivity contribution in [1.29, 1.82) is 0 Å². The number of dihydropyridines is 1. The average molecular weight is 1050 g/mol. The second kappa shape index (κ2) is 25.0. The fourth-order valence-corrected chi connectivity index (χ4v) is 12.8. The number of β-amino-alcohol motifs (C(OH)–C–C–N with tert-alkyl or cyclic N) is 1. The molecule has 1 saturated carbocycles. The van der Waals surface area contributed by atoms with E-state index in [2.05, 4.69) is 90.8 Å². The van der Waals surface area contributed by atoms with Gasteiger partial charge < -0.3 is 51.2 Å². The molecule has 408 valence electrons. The third-order valence-corrected chi connectivity index (χ3v) is 17.0. The number of nitrogens with one attached hydrogen (secondary N) is 4. The van der Waals surface area contributed by atoms with Gasteiger partial charge in [0.05, 0.1) is 25.2 Å². The Hall–Kier alpha value is -6.36. The van der Waals surface area contributed by atoms with Crippen LogP contribution in [-0.2, 0) is 35.3 Å². The molecule has 9 rings (SSSR count). The number of Topliss-reactive ketones (excluding diaryl/α,β-unsaturated/α-hetero) is 2. The van der Waals surface area contributed by atoms with E-state index in [0.29, 0.717) is 68.6 Å². The predicted octanol–water partition coefficient (Wildman–Crippen LogP) is 9.91. The first-order valence-corrected chi connectivity index (χ1v) is 28.3. The Bertz CT molecular complexity index is 3040. The Kier molecular flexibility index (Phi) is 18.0. The number of carbonyl (C=O) groups is 2. The minimum absolute atomic E-state index is 0.00469. The molecular weight excluding hydrogens is 965 g/mol. The van der Waals surface area contributed by atoms with Gasteiger partial charge in [0, 0.05) is 73.7 Å². The molecule has 4 aromatic carbocycles. The van der Waals surface area contributed by atoms with E-state index in [0.717, 1.165) is 81.7 Å². The summed E-state index contributed by atoms with van der Waals surface area (Å²) in [4.78, 5) is 32.9. The zero-order chi connectivity index (χ0) is 54.3. The van der Waals surface area contributed by atoms with Gasteiger partial charge in [-0.05, 0) is 162 Å². The summed E-state index contributed by atoms with van der Waals surface area (Å²) in [5.74, 6) is 5.95. The molecule has 77 heavy (non-hydrogen) atoms. The van der Waals surface area contributed by atoms with Crippen LogP contribution in [0.3, 0.4) is 0 Å². The predicted molar refractivity (Wildman–Crippen MR) is 304 cm³/mol. The highest BCUT2D eigenvalue weighted by Gasteiger charge is 2.43. The van der Waals surface area contributed by atoms with Crippen molar-refractivity contribution in [2.45, 2.75) is 135 Å². The highest BCUT2D eigenvalue weighted by molar-refractivity contribution is 6.06. The number of allylic oxidation sites excluding steroid dienone is 2. The summed E-state index contributed by atoms with van der Waals surface area (Å²) < 4.78 is 5.59. The number of rotatable bonds is 7. The Labute approximate surface area is 454 Å². The lowest BCUT2D eigenvalue weighted by Gasteiger charge is -2.33. The van der Waals surface area contributed by atoms with E-state index in [1.54, 1.807) is 12.1 Å². The van der Waals surface area contributed by atoms with Crippen molar-refractivity contribution in [3.63, 3.8) is 0 Å². The summed E-state index contributed by atoms with van der Waals surface area (Å²) >= 11 is 0. The maximum Gasteiger partial charge on any atom is 0.173 e. The maximum absolute atomic E-state index is 15.2. The summed E-state index contributed by atoms with van der Waals surface area (Å²) in [5.41, 5.74) is 8.23. The molecule has 12 nitrogen and oxygen atoms in total. The number of aliphatic hydroxyl groups is 3. The van der Waals surface area contributed by atoms with Gasteiger partial charge in [-0.25, -0.2) is 0 Å². The van der Waals surface area contributed by atoms with Crippen LogP contribution < -0.4 is 20.7 Å². The molecular formula is C65H80N4O8. The number of benzene rings is 4. The molecule has 12 heteroatoms. The first kappa shape index (κ1) is 55.4. The van der Waals surface area contributed by atoms with Gasteiger partial charge >= 0.3 is 0 Å². The number of ketones is 2. The second-order valence-electron chi connectivity index (χ2n) is 23.0. The number of methoxy groups -OCH3 is 1. The molecule has 9 N–H and O–H groups in total. The number of phenols is 2. The van der Waals surface area contributed by atoms with E-state index < -0.39 is 47.6 Å². The van der Waals surface area contributed by atoms with Gasteiger partial charge in [-0.3, -0.25) is 9.59 Å². The molecule has 0 spiro atoms. The molecule has 4 aliphatic rings. The number of aliphatic hydroxyl groups excluding tert-OH is 3. The lowest BCUT2D eigenvalue weighted by Crippen LogP contribution is -2.40. The van der Waals surface area contributed by atoms with Crippen molar-refractivity contribution in [1.82, 2.24) is 15.6 Å². The van der Waals surface area contributed by atoms with Gasteiger partial charge in [0.2, 0.25) is 0 Å². The molecule has 9 bridgehead atoms. The lowest BCUT2D eigenvalue weighted by molar-refractivity contribution is -0.142. The quantitative estimate of drug-likeness (QED) is 0.0556. The smallest absolute Gasteiger partial charge is 0.173 e. The molecule has 1 aromatic heterocycles. The molecule has 0 unspecified atom stereocenters. The summed E-state index contributed by atoms with van der Waals surface area (Å²) in [6.45, 7) is 10.2. The molecule has 0 amide bonds. The largest absolute Gasteiger partial charge is 0.507 e. The first-order valence-electron chi connectivity index (χ1n) is 28.3. The van der Waals surface area contributed by atoms with Crippen molar-refractivity contribution < 1.29 is 39.9 Å². The van der Waals surface area contributed by atoms with E-state index in [1.807, 2.05) is 48.7 Å². The van der Waals surface area contributed by atoms with Crippen LogP contribution in [0, 0.1) is 47.3 Å². The number of ether oxygens (including phenoxy) is 1. The molecule has 5 aromatic rings. The zero-order valence-electron chi connectivity index (χ0n) is 45.6. The minimum Gasteiger partial charge on any atom is -0.507 e. The Morgan fingerprint density at radius 3 is 2.48 bits per heavy atom. The Morgan fingerprint density at radius 1 is 0.857 bits per heavy atom. The molecule has 0 radical (unpaired) electrons. The zero-order valence-corrected chi connectivity index (χ0v) is 45.6. The van der Waals surface area contributed by atoms with Crippen LogP contribution in [0.4, 0.5) is 5.69 Å². The Balaban J connectivity index is 1.16. The van der Waals surface area contributed by atoms with E-state index in [4.69, 9.17) is 4.74 Å². The third kappa shape index (κ3) is 13.2. The Morgan fingerprint density at radius 2 is 1.68 bits per heavy atom. The fourth-order valence-electron chi connectivity index (χ4n) is 12.8. The molecule has 0 saturated heterocycles. The minimum atomic E-state index is -1.84. The van der Waals surface area contributed by atoms with Gasteiger partial charge in [-0.2, -0.15) is 0 Å². The van der Waals surface area contributed by atoms with Crippen LogP contribution in [-0.4, -0.2) is 87.1 Å². The third-order valence-electron chi connectivity index (χ3n) is 17.0. The number of hydrogen-bond acceptors (Lipinski definition) is 11. The number of aryl methyl sites for hydroxylation is 2. The van der Waals surface area contributed by atoms with Gasteiger partial charge in [0.15, 0.2) is 29.2 Å². The number of carbonyl (C=O) groups excluding carboxylic acids is 2. The monoisotopic (exact) mass is 1040 g/mol. The maximum atomic E-state index is 15.2. The number of anilines is 1. The van der Waals surface area contributed by atoms with Crippen LogP contribution in [0.1, 0.15) is 130 Å². The fraction of sp³-hybridized carbons (Fsp3) is 0.477. The van der Waals surface area contributed by atoms with Crippen molar-refractivity contribution >= 4 is 28.0 Å². The van der Waals surface area contributed by atoms with Crippen LogP contribution in [0.15, 0.2) is 103 Å². The summed E-state index contributed by atoms with van der Waals surface area (Å²) in [6, 6.07) is 23.7. The van der Waals surface area contributed by atoms with E-state index in [-0.39, 0.29) is 60.2 Å². The lowest BCUT2D eigenvalue weighted by atomic mass is 9.73. The summed E-state index contributed by atoms with van der Waals surface area (Å²) in [6.07, 6.45) is 9.33. The van der Waals surface area contributed by atoms with E-state index in [1.165, 1.54) is 7.11 Å². The number of H-pyrrole nitrogens is 1. The number of phenolic OH excluding ortho intramolecular Hbond substituents is 2. The highest BCUT2D eigenvalue weighted by atomic mass is 16.5. The topological polar surface area (TPSA) is 196 Å². The van der Waals surface area contributed by atoms with Crippen LogP contribution in [0.5, 0.6) is 17.2 Å². The van der Waals surface area contributed by atoms with E-state index in [9.17, 15) is 30.3 Å². The summed E-state index contributed by atoms with van der Waals surface area (Å²) in [5, 5.41) is 70.6. The summed E-state index contributed by atoms with van der Waals surface area (Å²) in [7, 11) is 1.49. The SMILES string of the molecule is CCC[C@@H]1[C@H]2C[C@@H](CC3=CCNC(=C3)Nc3ccc4ccc(c(O)c4c3)C[C@H](O)CNC[C@H](C)c3c[nH]c(c3)C[C@H]1O)C[C@@H]1C#C[C@H](c3ccccc3CCC(C)C)c3cc(O)c(OC)cc3CCC(=O)[C@H](O)C(=O)[C@H]1C2. The van der Waals surface area contributed by atoms with Gasteiger partial charge in [-0.15, -0.1) is 0 Å². The highest BCUT2D eigenvalue weighted by Crippen LogP contribution is 2.46. The van der Waals surface area contributed by atoms with Crippen molar-refractivity contribution in [3.05, 3.63) is 142 Å². The molecule has 10 atom stereocenters. The van der Waals surface area contributed by atoms with Gasteiger partial charge in [0.1, 0.15) is 11.6 Å². The van der Waals surface area contributed by atoms with Crippen LogP contribution in [0.25, 0.3) is 10.8 Å². The first-order chi connectivity index (χ1) is 37.2. The number of aromatic nitrogens is 1. The molecule has 2 aliphatic carbocycles. The van der Waals surface area contributed by atoms with Gasteiger partial charge in [0.25, 0.3) is 0 Å². The van der Waals surface area contributed by atoms with E-state index >= 15 is 4.79 Å². The van der Waals surface area contributed by atoms with Crippen molar-refractivity contribution in [3.8, 4) is 29.1 Å². The second-order valence-corrected chi connectivity index (χ2v) is 23.0. The normalized spacial score (nSPS) is 26.7. The molecule has 2 aliphatic heterocycles. The number of aromatic hydroxyl groups is 2.